The van der Waals surface area contributed by atoms with Gasteiger partial charge in [0, 0.05) is 22.6 Å². The smallest absolute Gasteiger partial charge is 0.0780 e. The maximum absolute atomic E-state index is 4.76. The molecule has 28 heavy (non-hydrogen) atoms. The number of aryl methyl sites for hydroxylation is 2. The van der Waals surface area contributed by atoms with E-state index in [2.05, 4.69) is 97.9 Å². The topological polar surface area (TPSA) is 12.9 Å². The Balaban J connectivity index is 2.23. The summed E-state index contributed by atoms with van der Waals surface area (Å²) in [5.41, 5.74) is 6.47. The highest BCUT2D eigenvalue weighted by molar-refractivity contribution is 5.95. The van der Waals surface area contributed by atoms with Crippen molar-refractivity contribution in [2.75, 3.05) is 0 Å². The van der Waals surface area contributed by atoms with Gasteiger partial charge in [0.15, 0.2) is 0 Å². The SMILES string of the molecule is Cc1cc(C)cc(-c2nccc3cc(C(C(C)C)(C(C)C)C(C)C)ccc23)c1. The molecule has 0 atom stereocenters. The van der Waals surface area contributed by atoms with E-state index in [1.165, 1.54) is 33.0 Å². The first kappa shape index (κ1) is 20.6. The predicted molar refractivity (Wildman–Crippen MR) is 123 cm³/mol. The number of aromatic nitrogens is 1. The molecular formula is C27H35N. The van der Waals surface area contributed by atoms with Gasteiger partial charge in [0.25, 0.3) is 0 Å². The quantitative estimate of drug-likeness (QED) is 0.446. The van der Waals surface area contributed by atoms with Gasteiger partial charge < -0.3 is 0 Å². The zero-order valence-electron chi connectivity index (χ0n) is 18.8. The van der Waals surface area contributed by atoms with Gasteiger partial charge in [0.1, 0.15) is 0 Å². The van der Waals surface area contributed by atoms with E-state index in [4.69, 9.17) is 4.98 Å². The number of benzene rings is 2. The van der Waals surface area contributed by atoms with Gasteiger partial charge in [-0.05, 0) is 60.7 Å². The van der Waals surface area contributed by atoms with Gasteiger partial charge in [-0.2, -0.15) is 0 Å². The molecule has 0 amide bonds. The molecule has 0 spiro atoms. The Morgan fingerprint density at radius 3 is 1.82 bits per heavy atom. The number of pyridine rings is 1. The molecule has 1 heterocycles. The Kier molecular flexibility index (Phi) is 5.66. The fraction of sp³-hybridized carbons (Fsp3) is 0.444. The van der Waals surface area contributed by atoms with Crippen LogP contribution in [0.3, 0.4) is 0 Å². The Bertz CT molecular complexity index is 937. The van der Waals surface area contributed by atoms with Crippen LogP contribution in [-0.4, -0.2) is 4.98 Å². The molecule has 0 radical (unpaired) electrons. The molecule has 0 aliphatic carbocycles. The summed E-state index contributed by atoms with van der Waals surface area (Å²) < 4.78 is 0. The van der Waals surface area contributed by atoms with Crippen molar-refractivity contribution in [3.63, 3.8) is 0 Å². The number of rotatable bonds is 5. The molecule has 1 aromatic heterocycles. The van der Waals surface area contributed by atoms with Crippen molar-refractivity contribution in [3.05, 3.63) is 65.4 Å². The Hall–Kier alpha value is -2.15. The van der Waals surface area contributed by atoms with Crippen LogP contribution in [0.25, 0.3) is 22.0 Å². The van der Waals surface area contributed by atoms with Crippen molar-refractivity contribution < 1.29 is 0 Å². The minimum atomic E-state index is 0.164. The van der Waals surface area contributed by atoms with Crippen LogP contribution in [0.1, 0.15) is 58.2 Å². The second-order valence-electron chi connectivity index (χ2n) is 9.37. The van der Waals surface area contributed by atoms with Gasteiger partial charge in [0.05, 0.1) is 5.69 Å². The first-order chi connectivity index (χ1) is 13.2. The molecule has 3 rings (SSSR count). The zero-order valence-corrected chi connectivity index (χ0v) is 18.8. The summed E-state index contributed by atoms with van der Waals surface area (Å²) >= 11 is 0. The first-order valence-electron chi connectivity index (χ1n) is 10.7. The van der Waals surface area contributed by atoms with E-state index in [0.29, 0.717) is 17.8 Å². The third-order valence-corrected chi connectivity index (χ3v) is 6.63. The van der Waals surface area contributed by atoms with E-state index in [1.54, 1.807) is 0 Å². The zero-order chi connectivity index (χ0) is 20.6. The molecule has 0 aliphatic heterocycles. The largest absolute Gasteiger partial charge is 0.256 e. The molecule has 0 unspecified atom stereocenters. The summed E-state index contributed by atoms with van der Waals surface area (Å²) in [6, 6.07) is 15.9. The normalized spacial score (nSPS) is 12.5. The molecule has 1 heteroatoms. The van der Waals surface area contributed by atoms with Crippen LogP contribution in [-0.2, 0) is 5.41 Å². The number of nitrogens with zero attached hydrogens (tertiary/aromatic N) is 1. The lowest BCUT2D eigenvalue weighted by atomic mass is 9.58. The second kappa shape index (κ2) is 7.70. The first-order valence-corrected chi connectivity index (χ1v) is 10.7. The molecule has 0 fully saturated rings. The lowest BCUT2D eigenvalue weighted by Crippen LogP contribution is -2.42. The van der Waals surface area contributed by atoms with Gasteiger partial charge in [-0.3, -0.25) is 4.98 Å². The van der Waals surface area contributed by atoms with Crippen LogP contribution >= 0.6 is 0 Å². The van der Waals surface area contributed by atoms with Crippen molar-refractivity contribution in [3.8, 4) is 11.3 Å². The molecule has 3 aromatic rings. The highest BCUT2D eigenvalue weighted by atomic mass is 14.7. The lowest BCUT2D eigenvalue weighted by molar-refractivity contribution is 0.148. The lowest BCUT2D eigenvalue weighted by Gasteiger charge is -2.46. The number of hydrogen-bond donors (Lipinski definition) is 0. The van der Waals surface area contributed by atoms with E-state index in [0.717, 1.165) is 5.69 Å². The van der Waals surface area contributed by atoms with Crippen molar-refractivity contribution >= 4 is 10.8 Å². The van der Waals surface area contributed by atoms with Gasteiger partial charge in [-0.15, -0.1) is 0 Å². The van der Waals surface area contributed by atoms with E-state index in [1.807, 2.05) is 6.20 Å². The van der Waals surface area contributed by atoms with Gasteiger partial charge >= 0.3 is 0 Å². The Morgan fingerprint density at radius 2 is 1.29 bits per heavy atom. The summed E-state index contributed by atoms with van der Waals surface area (Å²) in [4.78, 5) is 4.76. The monoisotopic (exact) mass is 373 g/mol. The average molecular weight is 374 g/mol. The van der Waals surface area contributed by atoms with Crippen molar-refractivity contribution in [1.82, 2.24) is 4.98 Å². The van der Waals surface area contributed by atoms with E-state index in [-0.39, 0.29) is 5.41 Å². The van der Waals surface area contributed by atoms with Crippen LogP contribution in [0.2, 0.25) is 0 Å². The van der Waals surface area contributed by atoms with Gasteiger partial charge in [-0.25, -0.2) is 0 Å². The maximum Gasteiger partial charge on any atom is 0.0780 e. The number of hydrogen-bond acceptors (Lipinski definition) is 1. The van der Waals surface area contributed by atoms with Crippen molar-refractivity contribution in [2.45, 2.75) is 60.8 Å². The third-order valence-electron chi connectivity index (χ3n) is 6.63. The van der Waals surface area contributed by atoms with Gasteiger partial charge in [-0.1, -0.05) is 76.9 Å². The Morgan fingerprint density at radius 1 is 0.714 bits per heavy atom. The molecule has 0 N–H and O–H groups in total. The molecule has 1 nitrogen and oxygen atoms in total. The summed E-state index contributed by atoms with van der Waals surface area (Å²) in [5, 5.41) is 2.52. The predicted octanol–water partition coefficient (Wildman–Crippen LogP) is 7.72. The summed E-state index contributed by atoms with van der Waals surface area (Å²) in [5.74, 6) is 1.72. The van der Waals surface area contributed by atoms with Crippen LogP contribution in [0, 0.1) is 31.6 Å². The minimum absolute atomic E-state index is 0.164. The van der Waals surface area contributed by atoms with Crippen molar-refractivity contribution in [1.29, 1.82) is 0 Å². The number of fused-ring (bicyclic) bond motifs is 1. The van der Waals surface area contributed by atoms with E-state index < -0.39 is 0 Å². The van der Waals surface area contributed by atoms with E-state index >= 15 is 0 Å². The Labute approximate surface area is 171 Å². The molecule has 0 aliphatic rings. The third kappa shape index (κ3) is 3.36. The summed E-state index contributed by atoms with van der Waals surface area (Å²) in [6.45, 7) is 18.5. The molecular weight excluding hydrogens is 338 g/mol. The van der Waals surface area contributed by atoms with Crippen LogP contribution in [0.5, 0.6) is 0 Å². The van der Waals surface area contributed by atoms with Crippen LogP contribution < -0.4 is 0 Å². The fourth-order valence-electron chi connectivity index (χ4n) is 5.79. The fourth-order valence-corrected chi connectivity index (χ4v) is 5.79. The van der Waals surface area contributed by atoms with Gasteiger partial charge in [0.2, 0.25) is 0 Å². The molecule has 0 saturated heterocycles. The van der Waals surface area contributed by atoms with Crippen LogP contribution in [0.15, 0.2) is 48.7 Å². The molecule has 0 saturated carbocycles. The highest BCUT2D eigenvalue weighted by Gasteiger charge is 2.41. The second-order valence-corrected chi connectivity index (χ2v) is 9.37. The summed E-state index contributed by atoms with van der Waals surface area (Å²) in [7, 11) is 0. The molecule has 2 aromatic carbocycles. The molecule has 148 valence electrons. The highest BCUT2D eigenvalue weighted by Crippen LogP contribution is 2.46. The van der Waals surface area contributed by atoms with Crippen LogP contribution in [0.4, 0.5) is 0 Å². The van der Waals surface area contributed by atoms with Crippen molar-refractivity contribution in [2.24, 2.45) is 17.8 Å². The average Bonchev–Trinajstić information content (AvgIpc) is 2.59. The maximum atomic E-state index is 4.76. The minimum Gasteiger partial charge on any atom is -0.256 e. The standard InChI is InChI=1S/C27H35N/c1-17(2)27(18(3)4,19(5)6)24-9-10-25-22(16-24)11-12-28-26(25)23-14-20(7)13-21(8)15-23/h9-19H,1-8H3. The summed E-state index contributed by atoms with van der Waals surface area (Å²) in [6.07, 6.45) is 1.96. The molecule has 0 bridgehead atoms. The van der Waals surface area contributed by atoms with E-state index in [9.17, 15) is 0 Å².